The molecule has 4 nitrogen and oxygen atoms in total. The van der Waals surface area contributed by atoms with Crippen LogP contribution in [0.25, 0.3) is 0 Å². The van der Waals surface area contributed by atoms with E-state index in [2.05, 4.69) is 5.10 Å². The SMILES string of the molecule is Nc1ccn(CCCOc2ccc(F)cc2Cl)n1. The lowest BCUT2D eigenvalue weighted by atomic mass is 10.3. The fourth-order valence-electron chi connectivity index (χ4n) is 1.50. The van der Waals surface area contributed by atoms with Gasteiger partial charge in [-0.2, -0.15) is 5.10 Å². The Morgan fingerprint density at radius 1 is 1.39 bits per heavy atom. The second-order valence-corrected chi connectivity index (χ2v) is 4.19. The van der Waals surface area contributed by atoms with Crippen LogP contribution in [-0.4, -0.2) is 16.4 Å². The molecule has 0 fully saturated rings. The maximum atomic E-state index is 12.8. The Bertz CT molecular complexity index is 530. The summed E-state index contributed by atoms with van der Waals surface area (Å²) in [6.07, 6.45) is 2.56. The number of nitrogens with two attached hydrogens (primary N) is 1. The third-order valence-electron chi connectivity index (χ3n) is 2.34. The lowest BCUT2D eigenvalue weighted by molar-refractivity contribution is 0.298. The van der Waals surface area contributed by atoms with Gasteiger partial charge in [-0.3, -0.25) is 4.68 Å². The highest BCUT2D eigenvalue weighted by Crippen LogP contribution is 2.24. The monoisotopic (exact) mass is 269 g/mol. The van der Waals surface area contributed by atoms with Gasteiger partial charge in [0.05, 0.1) is 11.6 Å². The van der Waals surface area contributed by atoms with Crippen molar-refractivity contribution in [3.05, 3.63) is 41.3 Å². The molecule has 0 radical (unpaired) electrons. The molecule has 1 aromatic heterocycles. The van der Waals surface area contributed by atoms with Gasteiger partial charge in [-0.05, 0) is 24.3 Å². The van der Waals surface area contributed by atoms with Crippen LogP contribution in [0.4, 0.5) is 10.2 Å². The Kier molecular flexibility index (Phi) is 4.04. The fourth-order valence-corrected chi connectivity index (χ4v) is 1.72. The third-order valence-corrected chi connectivity index (χ3v) is 2.64. The summed E-state index contributed by atoms with van der Waals surface area (Å²) in [6, 6.07) is 5.79. The highest BCUT2D eigenvalue weighted by molar-refractivity contribution is 6.32. The summed E-state index contributed by atoms with van der Waals surface area (Å²) >= 11 is 5.83. The average Bonchev–Trinajstić information content (AvgIpc) is 2.73. The second kappa shape index (κ2) is 5.73. The van der Waals surface area contributed by atoms with E-state index in [9.17, 15) is 4.39 Å². The molecule has 96 valence electrons. The number of nitrogen functional groups attached to an aromatic ring is 1. The molecule has 0 aliphatic rings. The number of nitrogens with zero attached hydrogens (tertiary/aromatic N) is 2. The second-order valence-electron chi connectivity index (χ2n) is 3.78. The van der Waals surface area contributed by atoms with Gasteiger partial charge in [0, 0.05) is 19.2 Å². The molecule has 1 aromatic carbocycles. The molecule has 2 aromatic rings. The van der Waals surface area contributed by atoms with Crippen LogP contribution < -0.4 is 10.5 Å². The third kappa shape index (κ3) is 3.37. The zero-order valence-electron chi connectivity index (χ0n) is 9.64. The molecule has 0 saturated carbocycles. The van der Waals surface area contributed by atoms with Crippen LogP contribution in [0.2, 0.25) is 5.02 Å². The van der Waals surface area contributed by atoms with E-state index in [0.717, 1.165) is 6.42 Å². The molecule has 2 rings (SSSR count). The maximum absolute atomic E-state index is 12.8. The summed E-state index contributed by atoms with van der Waals surface area (Å²) in [4.78, 5) is 0. The van der Waals surface area contributed by atoms with E-state index in [1.165, 1.54) is 18.2 Å². The van der Waals surface area contributed by atoms with E-state index in [1.807, 2.05) is 0 Å². The lowest BCUT2D eigenvalue weighted by Crippen LogP contribution is -2.05. The molecule has 0 bridgehead atoms. The van der Waals surface area contributed by atoms with E-state index in [0.29, 0.717) is 24.7 Å². The van der Waals surface area contributed by atoms with E-state index < -0.39 is 0 Å². The summed E-state index contributed by atoms with van der Waals surface area (Å²) in [5, 5.41) is 4.32. The van der Waals surface area contributed by atoms with Crippen molar-refractivity contribution in [1.29, 1.82) is 0 Å². The quantitative estimate of drug-likeness (QED) is 0.849. The van der Waals surface area contributed by atoms with Crippen molar-refractivity contribution < 1.29 is 9.13 Å². The lowest BCUT2D eigenvalue weighted by Gasteiger charge is -2.07. The summed E-state index contributed by atoms with van der Waals surface area (Å²) in [5.41, 5.74) is 5.49. The van der Waals surface area contributed by atoms with Gasteiger partial charge < -0.3 is 10.5 Å². The largest absolute Gasteiger partial charge is 0.492 e. The zero-order chi connectivity index (χ0) is 13.0. The van der Waals surface area contributed by atoms with E-state index in [1.54, 1.807) is 16.9 Å². The van der Waals surface area contributed by atoms with E-state index in [4.69, 9.17) is 22.1 Å². The number of hydrogen-bond donors (Lipinski definition) is 1. The number of aryl methyl sites for hydroxylation is 1. The summed E-state index contributed by atoms with van der Waals surface area (Å²) < 4.78 is 20.0. The van der Waals surface area contributed by atoms with Crippen LogP contribution in [0.1, 0.15) is 6.42 Å². The van der Waals surface area contributed by atoms with Gasteiger partial charge in [0.2, 0.25) is 0 Å². The number of halogens is 2. The predicted octanol–water partition coefficient (Wildman–Crippen LogP) is 2.73. The summed E-state index contributed by atoms with van der Waals surface area (Å²) in [6.45, 7) is 1.18. The number of benzene rings is 1. The molecule has 0 atom stereocenters. The first-order valence-electron chi connectivity index (χ1n) is 5.52. The summed E-state index contributed by atoms with van der Waals surface area (Å²) in [7, 11) is 0. The molecular weight excluding hydrogens is 257 g/mol. The van der Waals surface area contributed by atoms with Crippen molar-refractivity contribution in [2.75, 3.05) is 12.3 Å². The Labute approximate surface area is 109 Å². The minimum absolute atomic E-state index is 0.276. The standard InChI is InChI=1S/C12H13ClFN3O/c13-10-8-9(14)2-3-11(10)18-7-1-5-17-6-4-12(15)16-17/h2-4,6,8H,1,5,7H2,(H2,15,16). The highest BCUT2D eigenvalue weighted by atomic mass is 35.5. The molecule has 0 spiro atoms. The van der Waals surface area contributed by atoms with Gasteiger partial charge in [-0.1, -0.05) is 11.6 Å². The van der Waals surface area contributed by atoms with E-state index in [-0.39, 0.29) is 10.8 Å². The van der Waals surface area contributed by atoms with Crippen molar-refractivity contribution in [2.24, 2.45) is 0 Å². The molecule has 2 N–H and O–H groups in total. The first-order chi connectivity index (χ1) is 8.65. The Morgan fingerprint density at radius 2 is 2.22 bits per heavy atom. The van der Waals surface area contributed by atoms with Crippen molar-refractivity contribution >= 4 is 17.4 Å². The molecule has 6 heteroatoms. The molecule has 0 amide bonds. The molecule has 0 aliphatic carbocycles. The number of anilines is 1. The van der Waals surface area contributed by atoms with Gasteiger partial charge in [0.15, 0.2) is 0 Å². The topological polar surface area (TPSA) is 53.1 Å². The van der Waals surface area contributed by atoms with Crippen LogP contribution in [0.5, 0.6) is 5.75 Å². The minimum Gasteiger partial charge on any atom is -0.492 e. The van der Waals surface area contributed by atoms with Crippen molar-refractivity contribution in [1.82, 2.24) is 9.78 Å². The minimum atomic E-state index is -0.376. The molecule has 0 saturated heterocycles. The molecule has 1 heterocycles. The van der Waals surface area contributed by atoms with Gasteiger partial charge in [-0.15, -0.1) is 0 Å². The van der Waals surface area contributed by atoms with Gasteiger partial charge in [-0.25, -0.2) is 4.39 Å². The zero-order valence-corrected chi connectivity index (χ0v) is 10.4. The Hall–Kier alpha value is -1.75. The van der Waals surface area contributed by atoms with Gasteiger partial charge >= 0.3 is 0 Å². The normalized spacial score (nSPS) is 10.6. The Balaban J connectivity index is 1.78. The van der Waals surface area contributed by atoms with Gasteiger partial charge in [0.25, 0.3) is 0 Å². The van der Waals surface area contributed by atoms with Crippen molar-refractivity contribution in [2.45, 2.75) is 13.0 Å². The first kappa shape index (κ1) is 12.7. The number of hydrogen-bond acceptors (Lipinski definition) is 3. The van der Waals surface area contributed by atoms with Crippen LogP contribution in [-0.2, 0) is 6.54 Å². The van der Waals surface area contributed by atoms with Crippen LogP contribution in [0.15, 0.2) is 30.5 Å². The number of ether oxygens (including phenoxy) is 1. The highest BCUT2D eigenvalue weighted by Gasteiger charge is 2.03. The average molecular weight is 270 g/mol. The predicted molar refractivity (Wildman–Crippen MR) is 68.2 cm³/mol. The molecule has 0 unspecified atom stereocenters. The number of rotatable bonds is 5. The van der Waals surface area contributed by atoms with Crippen LogP contribution >= 0.6 is 11.6 Å². The molecule has 0 aliphatic heterocycles. The van der Waals surface area contributed by atoms with E-state index >= 15 is 0 Å². The van der Waals surface area contributed by atoms with Crippen molar-refractivity contribution in [3.8, 4) is 5.75 Å². The van der Waals surface area contributed by atoms with Gasteiger partial charge in [0.1, 0.15) is 17.4 Å². The maximum Gasteiger partial charge on any atom is 0.145 e. The molecule has 18 heavy (non-hydrogen) atoms. The Morgan fingerprint density at radius 3 is 2.89 bits per heavy atom. The smallest absolute Gasteiger partial charge is 0.145 e. The fraction of sp³-hybridized carbons (Fsp3) is 0.250. The summed E-state index contributed by atoms with van der Waals surface area (Å²) in [5.74, 6) is 0.606. The first-order valence-corrected chi connectivity index (χ1v) is 5.90. The number of aromatic nitrogens is 2. The van der Waals surface area contributed by atoms with Crippen LogP contribution in [0, 0.1) is 5.82 Å². The van der Waals surface area contributed by atoms with Crippen LogP contribution in [0.3, 0.4) is 0 Å². The molecular formula is C12H13ClFN3O. The van der Waals surface area contributed by atoms with Crippen molar-refractivity contribution in [3.63, 3.8) is 0 Å².